The van der Waals surface area contributed by atoms with E-state index in [2.05, 4.69) is 28.2 Å². The van der Waals surface area contributed by atoms with Crippen LogP contribution in [0.2, 0.25) is 0 Å². The van der Waals surface area contributed by atoms with Crippen molar-refractivity contribution in [3.8, 4) is 0 Å². The molecule has 0 aliphatic rings. The van der Waals surface area contributed by atoms with E-state index in [0.717, 1.165) is 24.1 Å². The topological polar surface area (TPSA) is 12.0 Å². The number of benzene rings is 2. The van der Waals surface area contributed by atoms with Crippen molar-refractivity contribution in [3.63, 3.8) is 0 Å². The zero-order valence-electron chi connectivity index (χ0n) is 11.9. The Hall–Kier alpha value is -1.26. The number of nitrogens with one attached hydrogen (secondary N) is 1. The summed E-state index contributed by atoms with van der Waals surface area (Å²) < 4.78 is 27.2. The van der Waals surface area contributed by atoms with Crippen LogP contribution in [-0.2, 0) is 6.42 Å². The quantitative estimate of drug-likeness (QED) is 0.769. The molecule has 1 N–H and O–H groups in total. The molecule has 0 saturated heterocycles. The standard InChI is InChI=1S/C17H18BrF2N/c1-2-8-21-17(13-4-3-5-14(19)11-13)10-12-6-7-16(20)15(18)9-12/h3-7,9,11,17,21H,2,8,10H2,1H3. The van der Waals surface area contributed by atoms with E-state index in [4.69, 9.17) is 0 Å². The molecular formula is C17H18BrF2N. The lowest BCUT2D eigenvalue weighted by Crippen LogP contribution is -2.24. The Morgan fingerprint density at radius 1 is 1.14 bits per heavy atom. The fraction of sp³-hybridized carbons (Fsp3) is 0.294. The van der Waals surface area contributed by atoms with Crippen molar-refractivity contribution in [2.75, 3.05) is 6.54 Å². The summed E-state index contributed by atoms with van der Waals surface area (Å²) in [5.41, 5.74) is 1.91. The van der Waals surface area contributed by atoms with Crippen molar-refractivity contribution in [2.24, 2.45) is 0 Å². The van der Waals surface area contributed by atoms with Crippen LogP contribution < -0.4 is 5.32 Å². The molecule has 2 rings (SSSR count). The average Bonchev–Trinajstić information content (AvgIpc) is 2.47. The molecule has 112 valence electrons. The maximum absolute atomic E-state index is 13.4. The average molecular weight is 354 g/mol. The SMILES string of the molecule is CCCNC(Cc1ccc(F)c(Br)c1)c1cccc(F)c1. The van der Waals surface area contributed by atoms with Crippen LogP contribution in [0, 0.1) is 11.6 Å². The second-order valence-electron chi connectivity index (χ2n) is 5.01. The van der Waals surface area contributed by atoms with Crippen LogP contribution in [0.5, 0.6) is 0 Å². The van der Waals surface area contributed by atoms with E-state index in [1.54, 1.807) is 24.3 Å². The first-order valence-corrected chi connectivity index (χ1v) is 7.82. The summed E-state index contributed by atoms with van der Waals surface area (Å²) in [5.74, 6) is -0.515. The molecule has 21 heavy (non-hydrogen) atoms. The smallest absolute Gasteiger partial charge is 0.137 e. The van der Waals surface area contributed by atoms with Crippen LogP contribution in [0.3, 0.4) is 0 Å². The van der Waals surface area contributed by atoms with Crippen molar-refractivity contribution in [3.05, 3.63) is 69.7 Å². The molecule has 1 nitrogen and oxygen atoms in total. The van der Waals surface area contributed by atoms with Gasteiger partial charge >= 0.3 is 0 Å². The summed E-state index contributed by atoms with van der Waals surface area (Å²) in [6.07, 6.45) is 1.68. The molecule has 4 heteroatoms. The van der Waals surface area contributed by atoms with Crippen LogP contribution in [0.4, 0.5) is 8.78 Å². The Balaban J connectivity index is 2.21. The van der Waals surface area contributed by atoms with E-state index in [-0.39, 0.29) is 17.7 Å². The highest BCUT2D eigenvalue weighted by Crippen LogP contribution is 2.23. The van der Waals surface area contributed by atoms with Crippen molar-refractivity contribution in [1.82, 2.24) is 5.32 Å². The second-order valence-corrected chi connectivity index (χ2v) is 5.87. The number of halogens is 3. The van der Waals surface area contributed by atoms with Crippen LogP contribution >= 0.6 is 15.9 Å². The van der Waals surface area contributed by atoms with Crippen LogP contribution in [0.25, 0.3) is 0 Å². The maximum Gasteiger partial charge on any atom is 0.137 e. The lowest BCUT2D eigenvalue weighted by Gasteiger charge is -2.19. The zero-order chi connectivity index (χ0) is 15.2. The fourth-order valence-corrected chi connectivity index (χ4v) is 2.68. The maximum atomic E-state index is 13.4. The summed E-state index contributed by atoms with van der Waals surface area (Å²) in [5, 5.41) is 3.42. The minimum absolute atomic E-state index is 0.0120. The molecule has 0 saturated carbocycles. The van der Waals surface area contributed by atoms with Gasteiger partial charge in [-0.15, -0.1) is 0 Å². The monoisotopic (exact) mass is 353 g/mol. The molecule has 1 atom stereocenters. The van der Waals surface area contributed by atoms with Crippen molar-refractivity contribution in [1.29, 1.82) is 0 Å². The second kappa shape index (κ2) is 7.66. The van der Waals surface area contributed by atoms with E-state index >= 15 is 0 Å². The molecule has 0 spiro atoms. The normalized spacial score (nSPS) is 12.4. The van der Waals surface area contributed by atoms with Crippen LogP contribution in [0.1, 0.15) is 30.5 Å². The summed E-state index contributed by atoms with van der Waals surface area (Å²) in [6.45, 7) is 2.94. The van der Waals surface area contributed by atoms with Crippen molar-refractivity contribution < 1.29 is 8.78 Å². The fourth-order valence-electron chi connectivity index (χ4n) is 2.25. The van der Waals surface area contributed by atoms with Gasteiger partial charge in [0, 0.05) is 6.04 Å². The molecule has 0 amide bonds. The molecule has 0 aromatic heterocycles. The first-order valence-electron chi connectivity index (χ1n) is 7.03. The minimum Gasteiger partial charge on any atom is -0.310 e. The summed E-state index contributed by atoms with van der Waals surface area (Å²) in [4.78, 5) is 0. The zero-order valence-corrected chi connectivity index (χ0v) is 13.5. The number of rotatable bonds is 6. The van der Waals surface area contributed by atoms with Gasteiger partial charge in [-0.1, -0.05) is 25.1 Å². The molecule has 0 aliphatic heterocycles. The summed E-state index contributed by atoms with van der Waals surface area (Å²) in [6, 6.07) is 11.6. The van der Waals surface area contributed by atoms with Gasteiger partial charge in [-0.25, -0.2) is 8.78 Å². The van der Waals surface area contributed by atoms with E-state index in [9.17, 15) is 8.78 Å². The Morgan fingerprint density at radius 3 is 2.62 bits per heavy atom. The third kappa shape index (κ3) is 4.61. The predicted octanol–water partition coefficient (Wildman–Crippen LogP) is 5.01. The third-order valence-electron chi connectivity index (χ3n) is 3.32. The highest BCUT2D eigenvalue weighted by Gasteiger charge is 2.13. The van der Waals surface area contributed by atoms with Gasteiger partial charge in [0.15, 0.2) is 0 Å². The van der Waals surface area contributed by atoms with Gasteiger partial charge in [-0.3, -0.25) is 0 Å². The Kier molecular flexibility index (Phi) is 5.88. The van der Waals surface area contributed by atoms with Gasteiger partial charge in [-0.05, 0) is 70.7 Å². The Morgan fingerprint density at radius 2 is 1.95 bits per heavy atom. The van der Waals surface area contributed by atoms with Gasteiger partial charge in [0.25, 0.3) is 0 Å². The first kappa shape index (κ1) is 16.1. The first-order chi connectivity index (χ1) is 10.1. The lowest BCUT2D eigenvalue weighted by atomic mass is 9.98. The molecule has 0 heterocycles. The van der Waals surface area contributed by atoms with E-state index in [0.29, 0.717) is 10.9 Å². The molecule has 2 aromatic rings. The summed E-state index contributed by atoms with van der Waals surface area (Å²) >= 11 is 3.20. The van der Waals surface area contributed by atoms with Crippen LogP contribution in [-0.4, -0.2) is 6.54 Å². The highest BCUT2D eigenvalue weighted by atomic mass is 79.9. The molecule has 0 fully saturated rings. The molecule has 0 aliphatic carbocycles. The highest BCUT2D eigenvalue weighted by molar-refractivity contribution is 9.10. The van der Waals surface area contributed by atoms with Gasteiger partial charge in [0.1, 0.15) is 11.6 Å². The van der Waals surface area contributed by atoms with Gasteiger partial charge in [0.2, 0.25) is 0 Å². The Bertz CT molecular complexity index is 601. The number of hydrogen-bond acceptors (Lipinski definition) is 1. The third-order valence-corrected chi connectivity index (χ3v) is 3.92. The van der Waals surface area contributed by atoms with Gasteiger partial charge < -0.3 is 5.32 Å². The molecular weight excluding hydrogens is 336 g/mol. The minimum atomic E-state index is -0.275. The predicted molar refractivity (Wildman–Crippen MR) is 85.2 cm³/mol. The van der Waals surface area contributed by atoms with E-state index < -0.39 is 0 Å². The lowest BCUT2D eigenvalue weighted by molar-refractivity contribution is 0.523. The molecule has 0 bridgehead atoms. The Labute approximate surface area is 132 Å². The summed E-state index contributed by atoms with van der Waals surface area (Å²) in [7, 11) is 0. The molecule has 1 unspecified atom stereocenters. The van der Waals surface area contributed by atoms with Crippen LogP contribution in [0.15, 0.2) is 46.9 Å². The molecule has 2 aromatic carbocycles. The van der Waals surface area contributed by atoms with Crippen molar-refractivity contribution >= 4 is 15.9 Å². The molecule has 0 radical (unpaired) electrons. The largest absolute Gasteiger partial charge is 0.310 e. The van der Waals surface area contributed by atoms with Gasteiger partial charge in [-0.2, -0.15) is 0 Å². The van der Waals surface area contributed by atoms with Crippen molar-refractivity contribution in [2.45, 2.75) is 25.8 Å². The van der Waals surface area contributed by atoms with E-state index in [1.807, 2.05) is 6.07 Å². The number of hydrogen-bond donors (Lipinski definition) is 1. The van der Waals surface area contributed by atoms with Gasteiger partial charge in [0.05, 0.1) is 4.47 Å². The van der Waals surface area contributed by atoms with E-state index in [1.165, 1.54) is 12.1 Å².